The lowest BCUT2D eigenvalue weighted by molar-refractivity contribution is -0.139. The van der Waals surface area contributed by atoms with Gasteiger partial charge in [0, 0.05) is 17.1 Å². The minimum absolute atomic E-state index is 0.218. The predicted octanol–water partition coefficient (Wildman–Crippen LogP) is 1.28. The van der Waals surface area contributed by atoms with E-state index >= 15 is 0 Å². The fourth-order valence-corrected chi connectivity index (χ4v) is 2.26. The van der Waals surface area contributed by atoms with E-state index in [0.29, 0.717) is 16.3 Å². The van der Waals surface area contributed by atoms with Crippen LogP contribution in [0.15, 0.2) is 47.6 Å². The third-order valence-electron chi connectivity index (χ3n) is 3.49. The molecular formula is C19H19ClN4O4. The number of hydrogen-bond donors (Lipinski definition) is 3. The van der Waals surface area contributed by atoms with E-state index in [1.165, 1.54) is 18.3 Å². The number of ether oxygens (including phenoxy) is 1. The summed E-state index contributed by atoms with van der Waals surface area (Å²) in [5.41, 5.74) is 9.53. The molecule has 0 unspecified atom stereocenters. The van der Waals surface area contributed by atoms with Crippen LogP contribution in [-0.2, 0) is 20.9 Å². The summed E-state index contributed by atoms with van der Waals surface area (Å²) >= 11 is 5.92. The van der Waals surface area contributed by atoms with Crippen LogP contribution in [0.4, 0.5) is 0 Å². The maximum atomic E-state index is 11.8. The van der Waals surface area contributed by atoms with Gasteiger partial charge in [0.15, 0.2) is 6.61 Å². The van der Waals surface area contributed by atoms with Gasteiger partial charge in [-0.25, -0.2) is 5.43 Å². The lowest BCUT2D eigenvalue weighted by Crippen LogP contribution is -2.37. The highest BCUT2D eigenvalue weighted by Gasteiger charge is 2.12. The third-order valence-corrected chi connectivity index (χ3v) is 3.73. The summed E-state index contributed by atoms with van der Waals surface area (Å²) in [6.07, 6.45) is 1.24. The van der Waals surface area contributed by atoms with Gasteiger partial charge in [-0.1, -0.05) is 41.4 Å². The average molecular weight is 403 g/mol. The van der Waals surface area contributed by atoms with Crippen molar-refractivity contribution >= 4 is 35.5 Å². The van der Waals surface area contributed by atoms with Crippen LogP contribution in [0.25, 0.3) is 0 Å². The summed E-state index contributed by atoms with van der Waals surface area (Å²) in [7, 11) is 0. The Balaban J connectivity index is 1.91. The molecule has 0 aliphatic heterocycles. The number of aryl methyl sites for hydroxylation is 1. The first kappa shape index (κ1) is 20.9. The summed E-state index contributed by atoms with van der Waals surface area (Å²) in [5, 5.41) is 6.61. The van der Waals surface area contributed by atoms with Gasteiger partial charge in [-0.05, 0) is 30.7 Å². The van der Waals surface area contributed by atoms with Gasteiger partial charge in [0.1, 0.15) is 5.75 Å². The summed E-state index contributed by atoms with van der Waals surface area (Å²) in [6.45, 7) is 1.85. The number of rotatable bonds is 7. The fourth-order valence-electron chi connectivity index (χ4n) is 2.08. The number of hydrazone groups is 1. The first-order chi connectivity index (χ1) is 13.3. The van der Waals surface area contributed by atoms with Crippen molar-refractivity contribution < 1.29 is 19.1 Å². The zero-order valence-corrected chi connectivity index (χ0v) is 15.8. The fraction of sp³-hybridized carbons (Fsp3) is 0.158. The normalized spacial score (nSPS) is 10.5. The number of carbonyl (C=O) groups excluding carboxylic acids is 3. The Kier molecular flexibility index (Phi) is 7.53. The first-order valence-electron chi connectivity index (χ1n) is 8.22. The van der Waals surface area contributed by atoms with Crippen LogP contribution in [0.3, 0.4) is 0 Å². The van der Waals surface area contributed by atoms with Crippen molar-refractivity contribution in [2.45, 2.75) is 13.5 Å². The SMILES string of the molecule is Cc1ccc(CNC(=O)C(=O)N/N=C\c2cc(Cl)ccc2OCC(N)=O)cc1. The summed E-state index contributed by atoms with van der Waals surface area (Å²) in [6, 6.07) is 12.2. The quantitative estimate of drug-likeness (QED) is 0.366. The highest BCUT2D eigenvalue weighted by Crippen LogP contribution is 2.21. The molecule has 0 heterocycles. The summed E-state index contributed by atoms with van der Waals surface area (Å²) < 4.78 is 5.24. The molecule has 4 N–H and O–H groups in total. The number of hydrogen-bond acceptors (Lipinski definition) is 5. The lowest BCUT2D eigenvalue weighted by atomic mass is 10.1. The van der Waals surface area contributed by atoms with Gasteiger partial charge in [0.05, 0.1) is 6.21 Å². The van der Waals surface area contributed by atoms with E-state index in [9.17, 15) is 14.4 Å². The maximum Gasteiger partial charge on any atom is 0.329 e. The lowest BCUT2D eigenvalue weighted by Gasteiger charge is -2.07. The molecule has 2 aromatic carbocycles. The molecule has 2 rings (SSSR count). The number of carbonyl (C=O) groups is 3. The van der Waals surface area contributed by atoms with Gasteiger partial charge in [-0.3, -0.25) is 14.4 Å². The average Bonchev–Trinajstić information content (AvgIpc) is 2.66. The number of nitrogens with two attached hydrogens (primary N) is 1. The summed E-state index contributed by atoms with van der Waals surface area (Å²) in [5.74, 6) is -2.10. The molecule has 0 atom stereocenters. The second-order valence-electron chi connectivity index (χ2n) is 5.80. The van der Waals surface area contributed by atoms with Crippen molar-refractivity contribution in [2.75, 3.05) is 6.61 Å². The molecule has 3 amide bonds. The zero-order chi connectivity index (χ0) is 20.5. The van der Waals surface area contributed by atoms with E-state index in [2.05, 4.69) is 15.8 Å². The largest absolute Gasteiger partial charge is 0.483 e. The molecule has 0 bridgehead atoms. The van der Waals surface area contributed by atoms with Crippen LogP contribution in [0.5, 0.6) is 5.75 Å². The van der Waals surface area contributed by atoms with Gasteiger partial charge in [-0.15, -0.1) is 0 Å². The van der Waals surface area contributed by atoms with Crippen LogP contribution in [0, 0.1) is 6.92 Å². The van der Waals surface area contributed by atoms with E-state index in [1.54, 1.807) is 6.07 Å². The maximum absolute atomic E-state index is 11.8. The number of primary amides is 1. The summed E-state index contributed by atoms with van der Waals surface area (Å²) in [4.78, 5) is 34.5. The van der Waals surface area contributed by atoms with Crippen LogP contribution in [0.1, 0.15) is 16.7 Å². The smallest absolute Gasteiger partial charge is 0.329 e. The zero-order valence-electron chi connectivity index (χ0n) is 15.1. The Morgan fingerprint density at radius 2 is 1.86 bits per heavy atom. The molecule has 0 fully saturated rings. The number of nitrogens with one attached hydrogen (secondary N) is 2. The molecule has 8 nitrogen and oxygen atoms in total. The van der Waals surface area contributed by atoms with Crippen molar-refractivity contribution in [3.63, 3.8) is 0 Å². The highest BCUT2D eigenvalue weighted by atomic mass is 35.5. The Bertz CT molecular complexity index is 897. The van der Waals surface area contributed by atoms with Crippen molar-refractivity contribution in [3.05, 3.63) is 64.2 Å². The number of nitrogens with zero attached hydrogens (tertiary/aromatic N) is 1. The van der Waals surface area contributed by atoms with Crippen LogP contribution >= 0.6 is 11.6 Å². The van der Waals surface area contributed by atoms with Gasteiger partial charge in [-0.2, -0.15) is 5.10 Å². The molecule has 2 aromatic rings. The molecule has 0 radical (unpaired) electrons. The van der Waals surface area contributed by atoms with Gasteiger partial charge >= 0.3 is 11.8 Å². The predicted molar refractivity (Wildman–Crippen MR) is 105 cm³/mol. The molecule has 0 aliphatic rings. The van der Waals surface area contributed by atoms with E-state index in [1.807, 2.05) is 31.2 Å². The van der Waals surface area contributed by atoms with Crippen LogP contribution in [0.2, 0.25) is 5.02 Å². The van der Waals surface area contributed by atoms with Gasteiger partial charge in [0.2, 0.25) is 0 Å². The number of benzene rings is 2. The Morgan fingerprint density at radius 3 is 2.54 bits per heavy atom. The van der Waals surface area contributed by atoms with Crippen molar-refractivity contribution in [1.82, 2.24) is 10.7 Å². The van der Waals surface area contributed by atoms with Crippen molar-refractivity contribution in [3.8, 4) is 5.75 Å². The number of amides is 3. The Morgan fingerprint density at radius 1 is 1.14 bits per heavy atom. The molecule has 0 saturated carbocycles. The Labute approximate surface area is 166 Å². The third kappa shape index (κ3) is 6.73. The molecule has 9 heteroatoms. The minimum atomic E-state index is -0.926. The van der Waals surface area contributed by atoms with E-state index < -0.39 is 17.7 Å². The molecule has 0 aliphatic carbocycles. The number of halogens is 1. The second kappa shape index (κ2) is 10.1. The molecule has 0 spiro atoms. The van der Waals surface area contributed by atoms with E-state index in [0.717, 1.165) is 11.1 Å². The monoisotopic (exact) mass is 402 g/mol. The van der Waals surface area contributed by atoms with Crippen LogP contribution in [-0.4, -0.2) is 30.5 Å². The molecule has 0 saturated heterocycles. The molecular weight excluding hydrogens is 384 g/mol. The van der Waals surface area contributed by atoms with Crippen LogP contribution < -0.4 is 21.2 Å². The highest BCUT2D eigenvalue weighted by molar-refractivity contribution is 6.35. The van der Waals surface area contributed by atoms with Crippen molar-refractivity contribution in [1.29, 1.82) is 0 Å². The van der Waals surface area contributed by atoms with E-state index in [-0.39, 0.29) is 13.2 Å². The second-order valence-corrected chi connectivity index (χ2v) is 6.24. The standard InChI is InChI=1S/C19H19ClN4O4/c1-12-2-4-13(5-3-12)9-22-18(26)19(27)24-23-10-14-8-15(20)6-7-16(14)28-11-17(21)25/h2-8,10H,9,11H2,1H3,(H2,21,25)(H,22,26)(H,24,27)/b23-10-. The Hall–Kier alpha value is -3.39. The van der Waals surface area contributed by atoms with Gasteiger partial charge < -0.3 is 15.8 Å². The minimum Gasteiger partial charge on any atom is -0.483 e. The first-order valence-corrected chi connectivity index (χ1v) is 8.60. The van der Waals surface area contributed by atoms with Crippen molar-refractivity contribution in [2.24, 2.45) is 10.8 Å². The van der Waals surface area contributed by atoms with E-state index in [4.69, 9.17) is 22.1 Å². The topological polar surface area (TPSA) is 123 Å². The molecule has 28 heavy (non-hydrogen) atoms. The molecule has 0 aromatic heterocycles. The molecule has 146 valence electrons. The van der Waals surface area contributed by atoms with Gasteiger partial charge in [0.25, 0.3) is 5.91 Å².